The highest BCUT2D eigenvalue weighted by molar-refractivity contribution is 5.76. The Morgan fingerprint density at radius 1 is 1.11 bits per heavy atom. The number of carbonyl (C=O) groups is 2. The lowest BCUT2D eigenvalue weighted by atomic mass is 10.0. The molecule has 3 N–H and O–H groups in total. The second-order valence-corrected chi connectivity index (χ2v) is 5.22. The van der Waals surface area contributed by atoms with Gasteiger partial charge >= 0.3 is 12.0 Å². The summed E-state index contributed by atoms with van der Waals surface area (Å²) in [5.74, 6) is -1.47. The van der Waals surface area contributed by atoms with Crippen LogP contribution < -0.4 is 10.6 Å². The van der Waals surface area contributed by atoms with E-state index in [0.717, 1.165) is 25.7 Å². The minimum Gasteiger partial charge on any atom is -0.481 e. The van der Waals surface area contributed by atoms with Crippen molar-refractivity contribution in [3.05, 3.63) is 0 Å². The van der Waals surface area contributed by atoms with Gasteiger partial charge in [0.1, 0.15) is 0 Å². The number of urea groups is 1. The average molecular weight is 256 g/mol. The van der Waals surface area contributed by atoms with Crippen LogP contribution in [0.5, 0.6) is 0 Å². The van der Waals surface area contributed by atoms with Crippen LogP contribution in [0.2, 0.25) is 0 Å². The molecule has 0 saturated heterocycles. The molecule has 0 aliphatic heterocycles. The predicted molar refractivity (Wildman–Crippen MR) is 69.4 cm³/mol. The summed E-state index contributed by atoms with van der Waals surface area (Å²) in [4.78, 5) is 22.5. The van der Waals surface area contributed by atoms with Crippen LogP contribution in [0.15, 0.2) is 0 Å². The van der Waals surface area contributed by atoms with Crippen LogP contribution in [0.1, 0.15) is 52.4 Å². The molecule has 1 aliphatic carbocycles. The molecule has 1 fully saturated rings. The molecule has 2 atom stereocenters. The van der Waals surface area contributed by atoms with E-state index in [2.05, 4.69) is 10.6 Å². The standard InChI is InChI=1S/C13H24N2O3/c1-9(12(16)17)10(2)14-13(18)15-11-7-5-3-4-6-8-11/h9-11H,3-8H2,1-2H3,(H,16,17)(H2,14,15,18). The third kappa shape index (κ3) is 4.94. The summed E-state index contributed by atoms with van der Waals surface area (Å²) < 4.78 is 0. The lowest BCUT2D eigenvalue weighted by Crippen LogP contribution is -2.48. The van der Waals surface area contributed by atoms with E-state index in [1.54, 1.807) is 13.8 Å². The third-order valence-electron chi connectivity index (χ3n) is 3.69. The number of aliphatic carboxylic acids is 1. The van der Waals surface area contributed by atoms with Crippen molar-refractivity contribution >= 4 is 12.0 Å². The molecule has 1 rings (SSSR count). The minimum atomic E-state index is -0.891. The van der Waals surface area contributed by atoms with Crippen molar-refractivity contribution in [3.8, 4) is 0 Å². The number of rotatable bonds is 4. The fourth-order valence-corrected chi connectivity index (χ4v) is 2.20. The number of nitrogens with one attached hydrogen (secondary N) is 2. The summed E-state index contributed by atoms with van der Waals surface area (Å²) in [5, 5.41) is 14.5. The highest BCUT2D eigenvalue weighted by Crippen LogP contribution is 2.17. The Balaban J connectivity index is 2.33. The second-order valence-electron chi connectivity index (χ2n) is 5.22. The first-order valence-electron chi connectivity index (χ1n) is 6.80. The number of hydrogen-bond donors (Lipinski definition) is 3. The van der Waals surface area contributed by atoms with Crippen LogP contribution in [0.4, 0.5) is 4.79 Å². The fraction of sp³-hybridized carbons (Fsp3) is 0.846. The van der Waals surface area contributed by atoms with E-state index in [4.69, 9.17) is 5.11 Å². The summed E-state index contributed by atoms with van der Waals surface area (Å²) in [7, 11) is 0. The largest absolute Gasteiger partial charge is 0.481 e. The Morgan fingerprint density at radius 2 is 1.67 bits per heavy atom. The molecule has 0 radical (unpaired) electrons. The normalized spacial score (nSPS) is 20.6. The van der Waals surface area contributed by atoms with Crippen molar-refractivity contribution in [2.45, 2.75) is 64.5 Å². The van der Waals surface area contributed by atoms with Crippen molar-refractivity contribution in [2.24, 2.45) is 5.92 Å². The summed E-state index contributed by atoms with van der Waals surface area (Å²) in [5.41, 5.74) is 0. The molecule has 0 bridgehead atoms. The van der Waals surface area contributed by atoms with E-state index in [9.17, 15) is 9.59 Å². The monoisotopic (exact) mass is 256 g/mol. The average Bonchev–Trinajstić information content (AvgIpc) is 2.56. The molecule has 1 saturated carbocycles. The Kier molecular flexibility index (Phi) is 5.95. The van der Waals surface area contributed by atoms with E-state index in [-0.39, 0.29) is 18.1 Å². The highest BCUT2D eigenvalue weighted by atomic mass is 16.4. The van der Waals surface area contributed by atoms with Gasteiger partial charge in [0.15, 0.2) is 0 Å². The molecular formula is C13H24N2O3. The van der Waals surface area contributed by atoms with E-state index < -0.39 is 11.9 Å². The first-order valence-corrected chi connectivity index (χ1v) is 6.80. The Labute approximate surface area is 108 Å². The van der Waals surface area contributed by atoms with Gasteiger partial charge in [0.2, 0.25) is 0 Å². The van der Waals surface area contributed by atoms with Gasteiger partial charge in [-0.2, -0.15) is 0 Å². The van der Waals surface area contributed by atoms with Gasteiger partial charge in [0, 0.05) is 12.1 Å². The van der Waals surface area contributed by atoms with Gasteiger partial charge in [0.25, 0.3) is 0 Å². The highest BCUT2D eigenvalue weighted by Gasteiger charge is 2.22. The van der Waals surface area contributed by atoms with Crippen molar-refractivity contribution in [2.75, 3.05) is 0 Å². The zero-order valence-electron chi connectivity index (χ0n) is 11.2. The molecule has 5 heteroatoms. The number of carbonyl (C=O) groups excluding carboxylic acids is 1. The van der Waals surface area contributed by atoms with Crippen LogP contribution in [-0.2, 0) is 4.79 Å². The lowest BCUT2D eigenvalue weighted by molar-refractivity contribution is -0.141. The topological polar surface area (TPSA) is 78.4 Å². The molecule has 2 unspecified atom stereocenters. The molecule has 0 aromatic rings. The Morgan fingerprint density at radius 3 is 2.17 bits per heavy atom. The van der Waals surface area contributed by atoms with Crippen LogP contribution >= 0.6 is 0 Å². The van der Waals surface area contributed by atoms with Crippen LogP contribution in [-0.4, -0.2) is 29.2 Å². The second kappa shape index (κ2) is 7.24. The van der Waals surface area contributed by atoms with Crippen LogP contribution in [0.25, 0.3) is 0 Å². The van der Waals surface area contributed by atoms with Gasteiger partial charge in [-0.1, -0.05) is 25.7 Å². The summed E-state index contributed by atoms with van der Waals surface area (Å²) in [6, 6.07) is -0.379. The Hall–Kier alpha value is -1.26. The molecule has 18 heavy (non-hydrogen) atoms. The van der Waals surface area contributed by atoms with Gasteiger partial charge in [-0.3, -0.25) is 4.79 Å². The molecule has 0 heterocycles. The number of amides is 2. The molecule has 0 aromatic carbocycles. The third-order valence-corrected chi connectivity index (χ3v) is 3.69. The summed E-state index contributed by atoms with van der Waals surface area (Å²) in [6.07, 6.45) is 6.85. The molecule has 0 spiro atoms. The number of hydrogen-bond acceptors (Lipinski definition) is 2. The smallest absolute Gasteiger partial charge is 0.315 e. The summed E-state index contributed by atoms with van der Waals surface area (Å²) >= 11 is 0. The van der Waals surface area contributed by atoms with Gasteiger partial charge in [-0.25, -0.2) is 4.79 Å². The van der Waals surface area contributed by atoms with E-state index in [1.165, 1.54) is 12.8 Å². The van der Waals surface area contributed by atoms with Gasteiger partial charge in [0.05, 0.1) is 5.92 Å². The van der Waals surface area contributed by atoms with Gasteiger partial charge in [-0.15, -0.1) is 0 Å². The molecule has 0 aromatic heterocycles. The molecule has 2 amide bonds. The number of carboxylic acids is 1. The van der Waals surface area contributed by atoms with E-state index in [1.807, 2.05) is 0 Å². The van der Waals surface area contributed by atoms with Gasteiger partial charge < -0.3 is 15.7 Å². The first kappa shape index (κ1) is 14.8. The van der Waals surface area contributed by atoms with Crippen molar-refractivity contribution in [3.63, 3.8) is 0 Å². The molecular weight excluding hydrogens is 232 g/mol. The predicted octanol–water partition coefficient (Wildman–Crippen LogP) is 2.12. The number of carboxylic acid groups (broad SMARTS) is 1. The lowest BCUT2D eigenvalue weighted by Gasteiger charge is -2.21. The van der Waals surface area contributed by atoms with Crippen molar-refractivity contribution in [1.29, 1.82) is 0 Å². The SMILES string of the molecule is CC(NC(=O)NC1CCCCCC1)C(C)C(=O)O. The Bertz CT molecular complexity index is 286. The van der Waals surface area contributed by atoms with Crippen LogP contribution in [0.3, 0.4) is 0 Å². The summed E-state index contributed by atoms with van der Waals surface area (Å²) in [6.45, 7) is 3.31. The fourth-order valence-electron chi connectivity index (χ4n) is 2.20. The van der Waals surface area contributed by atoms with Crippen molar-refractivity contribution < 1.29 is 14.7 Å². The van der Waals surface area contributed by atoms with E-state index >= 15 is 0 Å². The zero-order chi connectivity index (χ0) is 13.5. The zero-order valence-corrected chi connectivity index (χ0v) is 11.2. The van der Waals surface area contributed by atoms with Crippen LogP contribution in [0, 0.1) is 5.92 Å². The molecule has 1 aliphatic rings. The van der Waals surface area contributed by atoms with Crippen molar-refractivity contribution in [1.82, 2.24) is 10.6 Å². The molecule has 104 valence electrons. The quantitative estimate of drug-likeness (QED) is 0.674. The minimum absolute atomic E-state index is 0.236. The van der Waals surface area contributed by atoms with Gasteiger partial charge in [-0.05, 0) is 26.7 Å². The maximum absolute atomic E-state index is 11.7. The van der Waals surface area contributed by atoms with E-state index in [0.29, 0.717) is 0 Å². The maximum Gasteiger partial charge on any atom is 0.315 e. The first-order chi connectivity index (χ1) is 8.50. The maximum atomic E-state index is 11.7. The molecule has 5 nitrogen and oxygen atoms in total.